The number of imide groups is 1. The smallest absolute Gasteiger partial charge is 0.278 e. The second kappa shape index (κ2) is 8.68. The Hall–Kier alpha value is -3.48. The fourth-order valence-corrected chi connectivity index (χ4v) is 3.20. The first-order chi connectivity index (χ1) is 14.0. The number of rotatable bonds is 8. The highest BCUT2D eigenvalue weighted by atomic mass is 16.5. The summed E-state index contributed by atoms with van der Waals surface area (Å²) in [5.41, 5.74) is 1.83. The largest absolute Gasteiger partial charge is 0.497 e. The molecule has 0 spiro atoms. The normalized spacial score (nSPS) is 13.7. The van der Waals surface area contributed by atoms with E-state index in [0.29, 0.717) is 47.0 Å². The van der Waals surface area contributed by atoms with E-state index in [9.17, 15) is 9.59 Å². The number of anilines is 1. The van der Waals surface area contributed by atoms with Gasteiger partial charge in [0.05, 0.1) is 26.9 Å². The molecule has 2 aromatic rings. The number of hydrogen-bond acceptors (Lipinski definition) is 6. The van der Waals surface area contributed by atoms with Crippen molar-refractivity contribution in [1.29, 1.82) is 0 Å². The van der Waals surface area contributed by atoms with Crippen LogP contribution >= 0.6 is 0 Å². The van der Waals surface area contributed by atoms with E-state index in [-0.39, 0.29) is 17.5 Å². The second-order valence-corrected chi connectivity index (χ2v) is 6.44. The quantitative estimate of drug-likeness (QED) is 0.690. The zero-order valence-corrected chi connectivity index (χ0v) is 16.9. The van der Waals surface area contributed by atoms with E-state index < -0.39 is 0 Å². The molecule has 1 heterocycles. The van der Waals surface area contributed by atoms with Gasteiger partial charge in [0.2, 0.25) is 0 Å². The molecule has 0 bridgehead atoms. The van der Waals surface area contributed by atoms with E-state index in [1.165, 1.54) is 12.0 Å². The fraction of sp³-hybridized carbons (Fsp3) is 0.273. The highest BCUT2D eigenvalue weighted by molar-refractivity contribution is 6.36. The third-order valence-electron chi connectivity index (χ3n) is 4.65. The molecule has 0 fully saturated rings. The van der Waals surface area contributed by atoms with Gasteiger partial charge in [-0.05, 0) is 36.2 Å². The van der Waals surface area contributed by atoms with Gasteiger partial charge in [-0.3, -0.25) is 14.5 Å². The molecule has 152 valence electrons. The molecule has 0 unspecified atom stereocenters. The molecule has 29 heavy (non-hydrogen) atoms. The van der Waals surface area contributed by atoms with Crippen LogP contribution in [0.15, 0.2) is 48.2 Å². The molecule has 7 nitrogen and oxygen atoms in total. The minimum Gasteiger partial charge on any atom is -0.497 e. The van der Waals surface area contributed by atoms with E-state index in [4.69, 9.17) is 14.2 Å². The first-order valence-corrected chi connectivity index (χ1v) is 9.28. The van der Waals surface area contributed by atoms with Gasteiger partial charge in [-0.25, -0.2) is 0 Å². The molecule has 0 aliphatic carbocycles. The molecule has 3 rings (SSSR count). The third-order valence-corrected chi connectivity index (χ3v) is 4.65. The zero-order chi connectivity index (χ0) is 21.0. The van der Waals surface area contributed by atoms with E-state index in [1.807, 2.05) is 6.92 Å². The van der Waals surface area contributed by atoms with Crippen LogP contribution in [-0.2, 0) is 9.59 Å². The van der Waals surface area contributed by atoms with Crippen molar-refractivity contribution >= 4 is 23.1 Å². The monoisotopic (exact) mass is 396 g/mol. The van der Waals surface area contributed by atoms with Gasteiger partial charge in [0.25, 0.3) is 11.8 Å². The van der Waals surface area contributed by atoms with Crippen LogP contribution in [0, 0.1) is 0 Å². The Kier molecular flexibility index (Phi) is 6.07. The topological polar surface area (TPSA) is 77.1 Å². The Morgan fingerprint density at radius 2 is 1.55 bits per heavy atom. The minimum atomic E-state index is -0.350. The van der Waals surface area contributed by atoms with Gasteiger partial charge in [-0.1, -0.05) is 19.1 Å². The summed E-state index contributed by atoms with van der Waals surface area (Å²) in [6.07, 6.45) is 0.678. The lowest BCUT2D eigenvalue weighted by Crippen LogP contribution is -2.33. The maximum atomic E-state index is 13.0. The molecule has 0 saturated carbocycles. The van der Waals surface area contributed by atoms with Crippen LogP contribution < -0.4 is 19.5 Å². The van der Waals surface area contributed by atoms with Crippen LogP contribution in [0.2, 0.25) is 0 Å². The SMILES string of the molecule is CCCN1C(=O)C(Nc2ccc(OC)c(OC)c2)=C(c2ccc(OC)cc2)C1=O. The van der Waals surface area contributed by atoms with Crippen molar-refractivity contribution in [3.63, 3.8) is 0 Å². The molecular weight excluding hydrogens is 372 g/mol. The Bertz CT molecular complexity index is 950. The summed E-state index contributed by atoms with van der Waals surface area (Å²) >= 11 is 0. The van der Waals surface area contributed by atoms with Crippen LogP contribution in [-0.4, -0.2) is 44.6 Å². The summed E-state index contributed by atoms with van der Waals surface area (Å²) < 4.78 is 15.8. The molecule has 2 aromatic carbocycles. The van der Waals surface area contributed by atoms with Gasteiger partial charge in [-0.2, -0.15) is 0 Å². The average Bonchev–Trinajstić information content (AvgIpc) is 2.98. The van der Waals surface area contributed by atoms with Crippen molar-refractivity contribution in [3.05, 3.63) is 53.7 Å². The third kappa shape index (κ3) is 3.89. The second-order valence-electron chi connectivity index (χ2n) is 6.44. The number of nitrogens with zero attached hydrogens (tertiary/aromatic N) is 1. The Labute approximate surface area is 169 Å². The first kappa shape index (κ1) is 20.3. The van der Waals surface area contributed by atoms with Gasteiger partial charge in [0.15, 0.2) is 11.5 Å². The van der Waals surface area contributed by atoms with Gasteiger partial charge in [-0.15, -0.1) is 0 Å². The van der Waals surface area contributed by atoms with Gasteiger partial charge in [0.1, 0.15) is 11.4 Å². The lowest BCUT2D eigenvalue weighted by Gasteiger charge is -2.14. The van der Waals surface area contributed by atoms with E-state index >= 15 is 0 Å². The summed E-state index contributed by atoms with van der Waals surface area (Å²) in [6.45, 7) is 2.28. The summed E-state index contributed by atoms with van der Waals surface area (Å²) in [5.74, 6) is 1.10. The molecule has 1 N–H and O–H groups in total. The van der Waals surface area contributed by atoms with Crippen LogP contribution in [0.4, 0.5) is 5.69 Å². The standard InChI is InChI=1S/C22H24N2O5/c1-5-12-24-21(25)19(14-6-9-16(27-2)10-7-14)20(22(24)26)23-15-8-11-17(28-3)18(13-15)29-4/h6-11,13,23H,5,12H2,1-4H3. The molecule has 0 atom stereocenters. The van der Waals surface area contributed by atoms with Gasteiger partial charge < -0.3 is 19.5 Å². The van der Waals surface area contributed by atoms with E-state index in [2.05, 4.69) is 5.32 Å². The van der Waals surface area contributed by atoms with Crippen LogP contribution in [0.1, 0.15) is 18.9 Å². The van der Waals surface area contributed by atoms with Crippen molar-refractivity contribution < 1.29 is 23.8 Å². The maximum absolute atomic E-state index is 13.0. The number of nitrogens with one attached hydrogen (secondary N) is 1. The predicted octanol–water partition coefficient (Wildman–Crippen LogP) is 3.31. The Balaban J connectivity index is 2.05. The molecular formula is C22H24N2O5. The van der Waals surface area contributed by atoms with Crippen molar-refractivity contribution in [1.82, 2.24) is 4.90 Å². The first-order valence-electron chi connectivity index (χ1n) is 9.28. The lowest BCUT2D eigenvalue weighted by atomic mass is 10.0. The van der Waals surface area contributed by atoms with Crippen LogP contribution in [0.5, 0.6) is 17.2 Å². The van der Waals surface area contributed by atoms with Gasteiger partial charge >= 0.3 is 0 Å². The van der Waals surface area contributed by atoms with Gasteiger partial charge in [0, 0.05) is 18.3 Å². The van der Waals surface area contributed by atoms with E-state index in [1.54, 1.807) is 56.7 Å². The number of methoxy groups -OCH3 is 3. The molecule has 0 saturated heterocycles. The molecule has 0 aromatic heterocycles. The van der Waals surface area contributed by atoms with Crippen molar-refractivity contribution in [2.75, 3.05) is 33.2 Å². The Morgan fingerprint density at radius 1 is 0.862 bits per heavy atom. The summed E-state index contributed by atoms with van der Waals surface area (Å²) in [7, 11) is 4.67. The molecule has 0 radical (unpaired) electrons. The Morgan fingerprint density at radius 3 is 2.14 bits per heavy atom. The van der Waals surface area contributed by atoms with Crippen molar-refractivity contribution in [3.8, 4) is 17.2 Å². The molecule has 1 aliphatic rings. The maximum Gasteiger partial charge on any atom is 0.278 e. The number of benzene rings is 2. The molecule has 1 aliphatic heterocycles. The van der Waals surface area contributed by atoms with Crippen LogP contribution in [0.3, 0.4) is 0 Å². The summed E-state index contributed by atoms with van der Waals surface area (Å²) in [4.78, 5) is 27.3. The number of amides is 2. The van der Waals surface area contributed by atoms with Crippen molar-refractivity contribution in [2.24, 2.45) is 0 Å². The fourth-order valence-electron chi connectivity index (χ4n) is 3.20. The minimum absolute atomic E-state index is 0.237. The highest BCUT2D eigenvalue weighted by Gasteiger charge is 2.38. The number of ether oxygens (including phenoxy) is 3. The highest BCUT2D eigenvalue weighted by Crippen LogP contribution is 2.34. The summed E-state index contributed by atoms with van der Waals surface area (Å²) in [6, 6.07) is 12.3. The van der Waals surface area contributed by atoms with Crippen LogP contribution in [0.25, 0.3) is 5.57 Å². The van der Waals surface area contributed by atoms with E-state index in [0.717, 1.165) is 0 Å². The van der Waals surface area contributed by atoms with Crippen molar-refractivity contribution in [2.45, 2.75) is 13.3 Å². The number of carbonyl (C=O) groups is 2. The molecule has 7 heteroatoms. The predicted molar refractivity (Wildman–Crippen MR) is 110 cm³/mol. The summed E-state index contributed by atoms with van der Waals surface area (Å²) in [5, 5.41) is 3.11. The lowest BCUT2D eigenvalue weighted by molar-refractivity contribution is -0.136. The molecule has 2 amide bonds. The number of hydrogen-bond donors (Lipinski definition) is 1. The zero-order valence-electron chi connectivity index (χ0n) is 16.9. The number of carbonyl (C=O) groups excluding carboxylic acids is 2. The average molecular weight is 396 g/mol.